The van der Waals surface area contributed by atoms with Crippen LogP contribution in [0.25, 0.3) is 0 Å². The van der Waals surface area contributed by atoms with Gasteiger partial charge in [-0.2, -0.15) is 0 Å². The van der Waals surface area contributed by atoms with Gasteiger partial charge in [-0.1, -0.05) is 24.3 Å². The van der Waals surface area contributed by atoms with E-state index in [1.165, 1.54) is 5.57 Å². The van der Waals surface area contributed by atoms with E-state index >= 15 is 0 Å². The molecule has 0 aromatic carbocycles. The third-order valence-electron chi connectivity index (χ3n) is 2.34. The predicted molar refractivity (Wildman–Crippen MR) is 54.3 cm³/mol. The van der Waals surface area contributed by atoms with E-state index in [0.717, 1.165) is 24.1 Å². The number of rotatable bonds is 2. The van der Waals surface area contributed by atoms with Gasteiger partial charge in [0.2, 0.25) is 0 Å². The van der Waals surface area contributed by atoms with Crippen LogP contribution in [0.15, 0.2) is 35.5 Å². The minimum absolute atomic E-state index is 0.00236. The Morgan fingerprint density at radius 2 is 2.31 bits per heavy atom. The Balaban J connectivity index is 3.14. The highest BCUT2D eigenvalue weighted by Gasteiger charge is 2.17. The molecule has 1 rings (SSSR count). The lowest BCUT2D eigenvalue weighted by Crippen LogP contribution is -2.31. The standard InChI is InChI=1S/C11H15NO/c1-4-8(3)10-6-7-12-11(13)9(10)5-2/h4-5H,2,6-7H2,1,3H3,(H,12,13)/b8-4-. The van der Waals surface area contributed by atoms with Crippen molar-refractivity contribution in [1.29, 1.82) is 0 Å². The van der Waals surface area contributed by atoms with Gasteiger partial charge in [0.05, 0.1) is 0 Å². The molecule has 0 aliphatic carbocycles. The smallest absolute Gasteiger partial charge is 0.251 e. The van der Waals surface area contributed by atoms with Gasteiger partial charge in [-0.05, 0) is 25.8 Å². The third kappa shape index (κ3) is 1.89. The second kappa shape index (κ2) is 4.08. The summed E-state index contributed by atoms with van der Waals surface area (Å²) < 4.78 is 0. The average molecular weight is 177 g/mol. The molecule has 0 radical (unpaired) electrons. The van der Waals surface area contributed by atoms with Crippen LogP contribution < -0.4 is 5.32 Å². The lowest BCUT2D eigenvalue weighted by molar-refractivity contribution is -0.117. The number of carbonyl (C=O) groups excluding carboxylic acids is 1. The van der Waals surface area contributed by atoms with Crippen LogP contribution >= 0.6 is 0 Å². The molecule has 0 unspecified atom stereocenters. The first-order valence-corrected chi connectivity index (χ1v) is 4.47. The maximum absolute atomic E-state index is 11.4. The van der Waals surface area contributed by atoms with Crippen molar-refractivity contribution in [3.05, 3.63) is 35.5 Å². The van der Waals surface area contributed by atoms with Crippen molar-refractivity contribution in [3.63, 3.8) is 0 Å². The molecule has 1 aliphatic heterocycles. The summed E-state index contributed by atoms with van der Waals surface area (Å²) in [5.74, 6) is -0.00236. The maximum Gasteiger partial charge on any atom is 0.251 e. The van der Waals surface area contributed by atoms with E-state index in [1.807, 2.05) is 19.9 Å². The summed E-state index contributed by atoms with van der Waals surface area (Å²) in [6, 6.07) is 0. The second-order valence-electron chi connectivity index (χ2n) is 3.07. The lowest BCUT2D eigenvalue weighted by Gasteiger charge is -2.18. The predicted octanol–water partition coefficient (Wildman–Crippen LogP) is 1.96. The molecule has 1 heterocycles. The fourth-order valence-electron chi connectivity index (χ4n) is 1.47. The fraction of sp³-hybridized carbons (Fsp3) is 0.364. The van der Waals surface area contributed by atoms with E-state index < -0.39 is 0 Å². The van der Waals surface area contributed by atoms with Crippen LogP contribution in [0, 0.1) is 0 Å². The summed E-state index contributed by atoms with van der Waals surface area (Å²) in [5.41, 5.74) is 3.02. The first-order valence-electron chi connectivity index (χ1n) is 4.47. The molecule has 0 spiro atoms. The van der Waals surface area contributed by atoms with E-state index in [0.29, 0.717) is 0 Å². The number of hydrogen-bond donors (Lipinski definition) is 1. The number of carbonyl (C=O) groups is 1. The zero-order valence-electron chi connectivity index (χ0n) is 8.18. The second-order valence-corrected chi connectivity index (χ2v) is 3.07. The summed E-state index contributed by atoms with van der Waals surface area (Å²) >= 11 is 0. The number of hydrogen-bond acceptors (Lipinski definition) is 1. The molecule has 1 N–H and O–H groups in total. The maximum atomic E-state index is 11.4. The van der Waals surface area contributed by atoms with E-state index in [4.69, 9.17) is 0 Å². The highest BCUT2D eigenvalue weighted by molar-refractivity contribution is 5.98. The van der Waals surface area contributed by atoms with Crippen molar-refractivity contribution in [2.75, 3.05) is 6.54 Å². The average Bonchev–Trinajstić information content (AvgIpc) is 2.16. The van der Waals surface area contributed by atoms with Crippen LogP contribution in [0.4, 0.5) is 0 Å². The van der Waals surface area contributed by atoms with Gasteiger partial charge < -0.3 is 5.32 Å². The Morgan fingerprint density at radius 1 is 1.62 bits per heavy atom. The summed E-state index contributed by atoms with van der Waals surface area (Å²) in [6.45, 7) is 8.40. The van der Waals surface area contributed by atoms with E-state index in [1.54, 1.807) is 6.08 Å². The highest BCUT2D eigenvalue weighted by atomic mass is 16.1. The molecule has 0 aromatic rings. The van der Waals surface area contributed by atoms with Crippen molar-refractivity contribution in [2.24, 2.45) is 0 Å². The summed E-state index contributed by atoms with van der Waals surface area (Å²) in [6.07, 6.45) is 4.57. The van der Waals surface area contributed by atoms with Crippen molar-refractivity contribution in [3.8, 4) is 0 Å². The molecule has 0 aromatic heterocycles. The highest BCUT2D eigenvalue weighted by Crippen LogP contribution is 2.21. The number of amides is 1. The Labute approximate surface area is 79.0 Å². The van der Waals surface area contributed by atoms with E-state index in [9.17, 15) is 4.79 Å². The Hall–Kier alpha value is -1.31. The van der Waals surface area contributed by atoms with E-state index in [-0.39, 0.29) is 5.91 Å². The molecular formula is C11H15NO. The number of allylic oxidation sites excluding steroid dienone is 2. The largest absolute Gasteiger partial charge is 0.352 e. The van der Waals surface area contributed by atoms with Gasteiger partial charge in [0.1, 0.15) is 0 Å². The summed E-state index contributed by atoms with van der Waals surface area (Å²) in [5, 5.41) is 2.80. The quantitative estimate of drug-likeness (QED) is 0.686. The first kappa shape index (κ1) is 9.78. The Kier molecular flexibility index (Phi) is 3.07. The molecule has 2 nitrogen and oxygen atoms in total. The van der Waals surface area contributed by atoms with Crippen molar-refractivity contribution >= 4 is 5.91 Å². The molecule has 1 amide bonds. The monoisotopic (exact) mass is 177 g/mol. The molecule has 70 valence electrons. The van der Waals surface area contributed by atoms with E-state index in [2.05, 4.69) is 11.9 Å². The van der Waals surface area contributed by atoms with Crippen LogP contribution in [-0.2, 0) is 4.79 Å². The van der Waals surface area contributed by atoms with Crippen LogP contribution in [-0.4, -0.2) is 12.5 Å². The zero-order valence-corrected chi connectivity index (χ0v) is 8.18. The Morgan fingerprint density at radius 3 is 2.85 bits per heavy atom. The third-order valence-corrected chi connectivity index (χ3v) is 2.34. The minimum atomic E-state index is -0.00236. The number of nitrogens with one attached hydrogen (secondary N) is 1. The van der Waals surface area contributed by atoms with Gasteiger partial charge in [-0.3, -0.25) is 4.79 Å². The molecule has 0 fully saturated rings. The molecular weight excluding hydrogens is 162 g/mol. The molecule has 0 saturated heterocycles. The molecule has 0 atom stereocenters. The molecule has 13 heavy (non-hydrogen) atoms. The SMILES string of the molecule is C=CC1=C(/C(C)=C\C)CCNC1=O. The fourth-order valence-corrected chi connectivity index (χ4v) is 1.47. The molecule has 0 bridgehead atoms. The first-order chi connectivity index (χ1) is 6.20. The zero-order chi connectivity index (χ0) is 9.84. The van der Waals surface area contributed by atoms with Gasteiger partial charge in [-0.25, -0.2) is 0 Å². The summed E-state index contributed by atoms with van der Waals surface area (Å²) in [4.78, 5) is 11.4. The van der Waals surface area contributed by atoms with Crippen LogP contribution in [0.5, 0.6) is 0 Å². The molecule has 0 saturated carbocycles. The van der Waals surface area contributed by atoms with Gasteiger partial charge in [0, 0.05) is 12.1 Å². The minimum Gasteiger partial charge on any atom is -0.352 e. The van der Waals surface area contributed by atoms with Crippen molar-refractivity contribution in [2.45, 2.75) is 20.3 Å². The van der Waals surface area contributed by atoms with Gasteiger partial charge in [-0.15, -0.1) is 0 Å². The van der Waals surface area contributed by atoms with Crippen molar-refractivity contribution < 1.29 is 4.79 Å². The molecule has 1 aliphatic rings. The van der Waals surface area contributed by atoms with Gasteiger partial charge >= 0.3 is 0 Å². The van der Waals surface area contributed by atoms with Gasteiger partial charge in [0.25, 0.3) is 5.91 Å². The van der Waals surface area contributed by atoms with Crippen LogP contribution in [0.3, 0.4) is 0 Å². The Bertz CT molecular complexity index is 297. The summed E-state index contributed by atoms with van der Waals surface area (Å²) in [7, 11) is 0. The van der Waals surface area contributed by atoms with Crippen LogP contribution in [0.2, 0.25) is 0 Å². The topological polar surface area (TPSA) is 29.1 Å². The van der Waals surface area contributed by atoms with Gasteiger partial charge in [0.15, 0.2) is 0 Å². The van der Waals surface area contributed by atoms with Crippen LogP contribution in [0.1, 0.15) is 20.3 Å². The normalized spacial score (nSPS) is 18.6. The lowest BCUT2D eigenvalue weighted by atomic mass is 9.94. The van der Waals surface area contributed by atoms with Crippen molar-refractivity contribution in [1.82, 2.24) is 5.32 Å². The molecule has 2 heteroatoms.